The molecule has 0 aromatic heterocycles. The second kappa shape index (κ2) is 6.91. The zero-order valence-corrected chi connectivity index (χ0v) is 10.8. The van der Waals surface area contributed by atoms with Crippen molar-refractivity contribution >= 4 is 23.6 Å². The van der Waals surface area contributed by atoms with E-state index in [1.807, 2.05) is 11.8 Å². The Hall–Kier alpha value is -0.550. The maximum absolute atomic E-state index is 11.5. The molecule has 1 aliphatic heterocycles. The molecule has 1 saturated heterocycles. The number of nitrogens with one attached hydrogen (secondary N) is 1. The smallest absolute Gasteiger partial charge is 0.246 e. The minimum absolute atomic E-state index is 0.0788. The molecule has 4 nitrogen and oxygen atoms in total. The van der Waals surface area contributed by atoms with Crippen LogP contribution in [0, 0.1) is 0 Å². The molecule has 1 fully saturated rings. The fourth-order valence-electron chi connectivity index (χ4n) is 1.74. The highest BCUT2D eigenvalue weighted by Crippen LogP contribution is 2.10. The lowest BCUT2D eigenvalue weighted by atomic mass is 10.2. The molecular weight excluding hydrogens is 224 g/mol. The average Bonchev–Trinajstić information content (AvgIpc) is 2.51. The van der Waals surface area contributed by atoms with E-state index in [2.05, 4.69) is 11.6 Å². The number of thioether (sulfide) groups is 1. The third-order valence-electron chi connectivity index (χ3n) is 2.80. The summed E-state index contributed by atoms with van der Waals surface area (Å²) in [5, 5.41) is 3.15. The predicted molar refractivity (Wildman–Crippen MR) is 66.4 cm³/mol. The van der Waals surface area contributed by atoms with E-state index in [1.54, 1.807) is 7.05 Å². The molecule has 0 aliphatic carbocycles. The third kappa shape index (κ3) is 3.79. The van der Waals surface area contributed by atoms with E-state index in [0.29, 0.717) is 6.42 Å². The largest absolute Gasteiger partial charge is 0.305 e. The Labute approximate surface area is 101 Å². The van der Waals surface area contributed by atoms with Gasteiger partial charge in [-0.3, -0.25) is 14.5 Å². The van der Waals surface area contributed by atoms with E-state index in [4.69, 9.17) is 0 Å². The SMILES string of the molecule is CSCCCCCNC1CC(=O)N(C)C1=O. The first-order valence-electron chi connectivity index (χ1n) is 5.69. The van der Waals surface area contributed by atoms with Gasteiger partial charge in [-0.15, -0.1) is 0 Å². The van der Waals surface area contributed by atoms with Gasteiger partial charge in [-0.2, -0.15) is 11.8 Å². The van der Waals surface area contributed by atoms with Gasteiger partial charge in [0.1, 0.15) is 0 Å². The van der Waals surface area contributed by atoms with Gasteiger partial charge in [0, 0.05) is 7.05 Å². The molecule has 1 N–H and O–H groups in total. The molecular formula is C11H20N2O2S. The number of imide groups is 1. The first-order chi connectivity index (χ1) is 7.66. The standard InChI is InChI=1S/C11H20N2O2S/c1-13-10(14)8-9(11(13)15)12-6-4-3-5-7-16-2/h9,12H,3-8H2,1-2H3. The number of carbonyl (C=O) groups excluding carboxylic acids is 2. The summed E-state index contributed by atoms with van der Waals surface area (Å²) >= 11 is 1.86. The van der Waals surface area contributed by atoms with Crippen LogP contribution in [-0.4, -0.2) is 48.4 Å². The number of amides is 2. The predicted octanol–water partition coefficient (Wildman–Crippen LogP) is 0.867. The highest BCUT2D eigenvalue weighted by molar-refractivity contribution is 7.98. The van der Waals surface area contributed by atoms with Crippen LogP contribution in [0.5, 0.6) is 0 Å². The second-order valence-corrected chi connectivity index (χ2v) is 5.04. The van der Waals surface area contributed by atoms with Gasteiger partial charge in [-0.05, 0) is 31.4 Å². The number of hydrogen-bond acceptors (Lipinski definition) is 4. The van der Waals surface area contributed by atoms with Crippen LogP contribution < -0.4 is 5.32 Å². The summed E-state index contributed by atoms with van der Waals surface area (Å²) in [4.78, 5) is 24.0. The lowest BCUT2D eigenvalue weighted by molar-refractivity contribution is -0.137. The first-order valence-corrected chi connectivity index (χ1v) is 7.09. The Morgan fingerprint density at radius 1 is 1.38 bits per heavy atom. The number of hydrogen-bond donors (Lipinski definition) is 1. The van der Waals surface area contributed by atoms with Crippen molar-refractivity contribution in [1.82, 2.24) is 10.2 Å². The molecule has 0 radical (unpaired) electrons. The van der Waals surface area contributed by atoms with Gasteiger partial charge < -0.3 is 5.32 Å². The van der Waals surface area contributed by atoms with Gasteiger partial charge in [0.25, 0.3) is 0 Å². The normalized spacial score (nSPS) is 20.9. The van der Waals surface area contributed by atoms with E-state index in [9.17, 15) is 9.59 Å². The molecule has 1 unspecified atom stereocenters. The van der Waals surface area contributed by atoms with Gasteiger partial charge in [0.2, 0.25) is 11.8 Å². The summed E-state index contributed by atoms with van der Waals surface area (Å²) in [7, 11) is 1.55. The van der Waals surface area contributed by atoms with Crippen LogP contribution in [0.1, 0.15) is 25.7 Å². The molecule has 1 rings (SSSR count). The zero-order valence-electron chi connectivity index (χ0n) is 9.99. The number of likely N-dealkylation sites (tertiary alicyclic amines) is 1. The molecule has 0 spiro atoms. The molecule has 2 amide bonds. The van der Waals surface area contributed by atoms with Gasteiger partial charge >= 0.3 is 0 Å². The molecule has 16 heavy (non-hydrogen) atoms. The van der Waals surface area contributed by atoms with Crippen LogP contribution in [0.2, 0.25) is 0 Å². The van der Waals surface area contributed by atoms with Crippen molar-refractivity contribution in [3.63, 3.8) is 0 Å². The van der Waals surface area contributed by atoms with Gasteiger partial charge in [-0.1, -0.05) is 6.42 Å². The monoisotopic (exact) mass is 244 g/mol. The number of rotatable bonds is 7. The van der Waals surface area contributed by atoms with Crippen molar-refractivity contribution in [1.29, 1.82) is 0 Å². The van der Waals surface area contributed by atoms with E-state index < -0.39 is 0 Å². The van der Waals surface area contributed by atoms with Gasteiger partial charge in [-0.25, -0.2) is 0 Å². The first kappa shape index (κ1) is 13.5. The van der Waals surface area contributed by atoms with Crippen molar-refractivity contribution in [3.8, 4) is 0 Å². The quantitative estimate of drug-likeness (QED) is 0.533. The number of unbranched alkanes of at least 4 members (excludes halogenated alkanes) is 2. The van der Waals surface area contributed by atoms with Crippen molar-refractivity contribution in [2.75, 3.05) is 25.6 Å². The molecule has 5 heteroatoms. The minimum atomic E-state index is -0.280. The molecule has 1 atom stereocenters. The Morgan fingerprint density at radius 3 is 2.69 bits per heavy atom. The van der Waals surface area contributed by atoms with Crippen molar-refractivity contribution in [2.24, 2.45) is 0 Å². The van der Waals surface area contributed by atoms with E-state index in [0.717, 1.165) is 13.0 Å². The molecule has 0 saturated carbocycles. The number of carbonyl (C=O) groups is 2. The summed E-state index contributed by atoms with van der Waals surface area (Å²) in [6, 6.07) is -0.280. The summed E-state index contributed by atoms with van der Waals surface area (Å²) in [5.74, 6) is 1.03. The minimum Gasteiger partial charge on any atom is -0.305 e. The van der Waals surface area contributed by atoms with Gasteiger partial charge in [0.05, 0.1) is 12.5 Å². The molecule has 1 heterocycles. The topological polar surface area (TPSA) is 49.4 Å². The van der Waals surface area contributed by atoms with Crippen LogP contribution in [0.3, 0.4) is 0 Å². The van der Waals surface area contributed by atoms with Crippen LogP contribution in [-0.2, 0) is 9.59 Å². The average molecular weight is 244 g/mol. The van der Waals surface area contributed by atoms with Crippen molar-refractivity contribution in [2.45, 2.75) is 31.7 Å². The fourth-order valence-corrected chi connectivity index (χ4v) is 2.23. The van der Waals surface area contributed by atoms with E-state index in [1.165, 1.54) is 23.5 Å². The fraction of sp³-hybridized carbons (Fsp3) is 0.818. The van der Waals surface area contributed by atoms with Crippen LogP contribution in [0.4, 0.5) is 0 Å². The number of likely N-dealkylation sites (N-methyl/N-ethyl adjacent to an activating group) is 1. The Morgan fingerprint density at radius 2 is 2.12 bits per heavy atom. The Balaban J connectivity index is 2.10. The van der Waals surface area contributed by atoms with E-state index in [-0.39, 0.29) is 17.9 Å². The lowest BCUT2D eigenvalue weighted by Crippen LogP contribution is -2.37. The number of nitrogens with zero attached hydrogens (tertiary/aromatic N) is 1. The highest BCUT2D eigenvalue weighted by Gasteiger charge is 2.35. The highest BCUT2D eigenvalue weighted by atomic mass is 32.2. The summed E-state index contributed by atoms with van der Waals surface area (Å²) in [6.45, 7) is 0.825. The van der Waals surface area contributed by atoms with Crippen LogP contribution >= 0.6 is 11.8 Å². The summed E-state index contributed by atoms with van der Waals surface area (Å²) in [5.41, 5.74) is 0. The molecule has 92 valence electrons. The van der Waals surface area contributed by atoms with Crippen molar-refractivity contribution < 1.29 is 9.59 Å². The molecule has 0 aromatic rings. The maximum atomic E-state index is 11.5. The molecule has 0 aromatic carbocycles. The molecule has 0 bridgehead atoms. The Kier molecular flexibility index (Phi) is 5.84. The summed E-state index contributed by atoms with van der Waals surface area (Å²) < 4.78 is 0. The van der Waals surface area contributed by atoms with Crippen LogP contribution in [0.25, 0.3) is 0 Å². The molecule has 1 aliphatic rings. The third-order valence-corrected chi connectivity index (χ3v) is 3.49. The van der Waals surface area contributed by atoms with Gasteiger partial charge in [0.15, 0.2) is 0 Å². The zero-order chi connectivity index (χ0) is 12.0. The Bertz CT molecular complexity index is 258. The maximum Gasteiger partial charge on any atom is 0.246 e. The summed E-state index contributed by atoms with van der Waals surface area (Å²) in [6.07, 6.45) is 5.90. The van der Waals surface area contributed by atoms with Crippen molar-refractivity contribution in [3.05, 3.63) is 0 Å². The lowest BCUT2D eigenvalue weighted by Gasteiger charge is -2.10. The second-order valence-electron chi connectivity index (χ2n) is 4.06. The van der Waals surface area contributed by atoms with E-state index >= 15 is 0 Å². The van der Waals surface area contributed by atoms with Crippen LogP contribution in [0.15, 0.2) is 0 Å².